The van der Waals surface area contributed by atoms with Crippen molar-refractivity contribution >= 4 is 39.1 Å². The molecule has 0 radical (unpaired) electrons. The molecule has 0 N–H and O–H groups in total. The van der Waals surface area contributed by atoms with Gasteiger partial charge in [-0.15, -0.1) is 11.6 Å². The summed E-state index contributed by atoms with van der Waals surface area (Å²) in [6.45, 7) is 2.01. The molecule has 0 nitrogen and oxygen atoms in total. The third kappa shape index (κ3) is 3.04. The first kappa shape index (κ1) is 12.9. The quantitative estimate of drug-likeness (QED) is 0.616. The predicted octanol–water partition coefficient (Wildman–Crippen LogP) is 5.74. The van der Waals surface area contributed by atoms with E-state index in [1.807, 2.05) is 49.4 Å². The lowest BCUT2D eigenvalue weighted by molar-refractivity contribution is 1.13. The summed E-state index contributed by atoms with van der Waals surface area (Å²) in [4.78, 5) is 0. The van der Waals surface area contributed by atoms with Crippen LogP contribution < -0.4 is 0 Å². The molecule has 17 heavy (non-hydrogen) atoms. The van der Waals surface area contributed by atoms with E-state index in [0.29, 0.717) is 5.02 Å². The summed E-state index contributed by atoms with van der Waals surface area (Å²) in [5, 5.41) is 0.504. The van der Waals surface area contributed by atoms with E-state index >= 15 is 0 Å². The maximum atomic E-state index is 6.44. The van der Waals surface area contributed by atoms with Crippen molar-refractivity contribution in [3.8, 4) is 0 Å². The Balaban J connectivity index is 2.36. The van der Waals surface area contributed by atoms with Crippen LogP contribution in [0.15, 0.2) is 46.9 Å². The minimum atomic E-state index is -0.212. The van der Waals surface area contributed by atoms with Gasteiger partial charge in [0.15, 0.2) is 0 Å². The van der Waals surface area contributed by atoms with Crippen LogP contribution in [0.2, 0.25) is 5.02 Å². The molecule has 0 bridgehead atoms. The lowest BCUT2D eigenvalue weighted by Gasteiger charge is -2.12. The number of benzene rings is 2. The topological polar surface area (TPSA) is 0 Å². The van der Waals surface area contributed by atoms with Gasteiger partial charge in [-0.3, -0.25) is 0 Å². The molecule has 0 heterocycles. The van der Waals surface area contributed by atoms with Crippen LogP contribution in [0.5, 0.6) is 0 Å². The maximum Gasteiger partial charge on any atom is 0.0849 e. The summed E-state index contributed by atoms with van der Waals surface area (Å²) in [7, 11) is 0. The normalized spacial score (nSPS) is 12.5. The van der Waals surface area contributed by atoms with Crippen molar-refractivity contribution in [2.24, 2.45) is 0 Å². The second-order valence-corrected chi connectivity index (χ2v) is 5.70. The number of halogens is 3. The summed E-state index contributed by atoms with van der Waals surface area (Å²) in [5.41, 5.74) is 3.13. The molecule has 1 unspecified atom stereocenters. The first-order chi connectivity index (χ1) is 8.08. The monoisotopic (exact) mass is 328 g/mol. The van der Waals surface area contributed by atoms with Gasteiger partial charge >= 0.3 is 0 Å². The highest BCUT2D eigenvalue weighted by Gasteiger charge is 2.13. The standard InChI is InChI=1S/C14H11BrCl2/c1-9-2-7-12(13(16)8-9)14(17)10-3-5-11(15)6-4-10/h2-8,14H,1H3. The zero-order chi connectivity index (χ0) is 12.4. The van der Waals surface area contributed by atoms with Gasteiger partial charge in [0.25, 0.3) is 0 Å². The molecule has 2 rings (SSSR count). The molecule has 2 aromatic rings. The highest BCUT2D eigenvalue weighted by Crippen LogP contribution is 2.34. The lowest BCUT2D eigenvalue weighted by Crippen LogP contribution is -1.94. The van der Waals surface area contributed by atoms with Gasteiger partial charge < -0.3 is 0 Å². The van der Waals surface area contributed by atoms with E-state index in [2.05, 4.69) is 15.9 Å². The number of aryl methyl sites for hydroxylation is 1. The van der Waals surface area contributed by atoms with Crippen LogP contribution in [-0.4, -0.2) is 0 Å². The van der Waals surface area contributed by atoms with Crippen molar-refractivity contribution in [1.29, 1.82) is 0 Å². The average molecular weight is 330 g/mol. The molecule has 3 heteroatoms. The molecule has 0 saturated heterocycles. The van der Waals surface area contributed by atoms with E-state index in [4.69, 9.17) is 23.2 Å². The number of hydrogen-bond acceptors (Lipinski definition) is 0. The van der Waals surface area contributed by atoms with Crippen LogP contribution in [0.25, 0.3) is 0 Å². The Kier molecular flexibility index (Phi) is 4.13. The molecule has 2 aromatic carbocycles. The highest BCUT2D eigenvalue weighted by molar-refractivity contribution is 9.10. The van der Waals surface area contributed by atoms with Crippen LogP contribution in [0.1, 0.15) is 22.1 Å². The maximum absolute atomic E-state index is 6.44. The zero-order valence-electron chi connectivity index (χ0n) is 9.25. The van der Waals surface area contributed by atoms with Crippen LogP contribution in [0, 0.1) is 6.92 Å². The molecule has 1 atom stereocenters. The van der Waals surface area contributed by atoms with Gasteiger partial charge in [-0.05, 0) is 41.8 Å². The van der Waals surface area contributed by atoms with Crippen molar-refractivity contribution in [3.63, 3.8) is 0 Å². The molecule has 0 fully saturated rings. The second-order valence-electron chi connectivity index (χ2n) is 3.94. The van der Waals surface area contributed by atoms with Gasteiger partial charge in [0.05, 0.1) is 5.38 Å². The van der Waals surface area contributed by atoms with E-state index < -0.39 is 0 Å². The van der Waals surface area contributed by atoms with Gasteiger partial charge in [-0.2, -0.15) is 0 Å². The minimum Gasteiger partial charge on any atom is -0.113 e. The first-order valence-corrected chi connectivity index (χ1v) is 6.84. The molecule has 0 aromatic heterocycles. The van der Waals surface area contributed by atoms with E-state index in [1.165, 1.54) is 0 Å². The number of hydrogen-bond donors (Lipinski definition) is 0. The smallest absolute Gasteiger partial charge is 0.0849 e. The molecule has 0 saturated carbocycles. The lowest BCUT2D eigenvalue weighted by atomic mass is 10.0. The molecule has 88 valence electrons. The fourth-order valence-corrected chi connectivity index (χ4v) is 2.65. The second kappa shape index (κ2) is 5.43. The van der Waals surface area contributed by atoms with Crippen LogP contribution in [-0.2, 0) is 0 Å². The summed E-state index contributed by atoms with van der Waals surface area (Å²) >= 11 is 16.1. The van der Waals surface area contributed by atoms with E-state index in [0.717, 1.165) is 21.2 Å². The van der Waals surface area contributed by atoms with Crippen LogP contribution >= 0.6 is 39.1 Å². The Labute approximate surface area is 120 Å². The van der Waals surface area contributed by atoms with Gasteiger partial charge in [-0.25, -0.2) is 0 Å². The third-order valence-corrected chi connectivity index (χ3v) is 3.93. The minimum absolute atomic E-state index is 0.212. The highest BCUT2D eigenvalue weighted by atomic mass is 79.9. The molecule has 0 aliphatic rings. The van der Waals surface area contributed by atoms with Gasteiger partial charge in [0.1, 0.15) is 0 Å². The fraction of sp³-hybridized carbons (Fsp3) is 0.143. The number of rotatable bonds is 2. The molecule has 0 aliphatic carbocycles. The largest absolute Gasteiger partial charge is 0.113 e. The SMILES string of the molecule is Cc1ccc(C(Cl)c2ccc(Br)cc2)c(Cl)c1. The first-order valence-electron chi connectivity index (χ1n) is 5.23. The summed E-state index contributed by atoms with van der Waals surface area (Å²) in [6.07, 6.45) is 0. The van der Waals surface area contributed by atoms with Crippen molar-refractivity contribution in [2.45, 2.75) is 12.3 Å². The Hall–Kier alpha value is -0.500. The van der Waals surface area contributed by atoms with Crippen molar-refractivity contribution in [2.75, 3.05) is 0 Å². The van der Waals surface area contributed by atoms with E-state index in [-0.39, 0.29) is 5.38 Å². The van der Waals surface area contributed by atoms with Crippen LogP contribution in [0.3, 0.4) is 0 Å². The summed E-state index contributed by atoms with van der Waals surface area (Å²) in [6, 6.07) is 13.9. The van der Waals surface area contributed by atoms with Crippen molar-refractivity contribution in [3.05, 3.63) is 68.7 Å². The molecular weight excluding hydrogens is 319 g/mol. The predicted molar refractivity (Wildman–Crippen MR) is 78.0 cm³/mol. The third-order valence-electron chi connectivity index (χ3n) is 2.59. The van der Waals surface area contributed by atoms with Crippen molar-refractivity contribution in [1.82, 2.24) is 0 Å². The average Bonchev–Trinajstić information content (AvgIpc) is 2.29. The summed E-state index contributed by atoms with van der Waals surface area (Å²) in [5.74, 6) is 0. The van der Waals surface area contributed by atoms with Gasteiger partial charge in [0.2, 0.25) is 0 Å². The Morgan fingerprint density at radius 3 is 2.29 bits per heavy atom. The molecule has 0 amide bonds. The zero-order valence-corrected chi connectivity index (χ0v) is 12.4. The Morgan fingerprint density at radius 2 is 1.71 bits per heavy atom. The van der Waals surface area contributed by atoms with Gasteiger partial charge in [-0.1, -0.05) is 51.8 Å². The van der Waals surface area contributed by atoms with E-state index in [1.54, 1.807) is 0 Å². The fourth-order valence-electron chi connectivity index (χ4n) is 1.65. The number of alkyl halides is 1. The molecule has 0 spiro atoms. The molecule has 0 aliphatic heterocycles. The van der Waals surface area contributed by atoms with Crippen LogP contribution in [0.4, 0.5) is 0 Å². The van der Waals surface area contributed by atoms with Crippen molar-refractivity contribution < 1.29 is 0 Å². The van der Waals surface area contributed by atoms with E-state index in [9.17, 15) is 0 Å². The Morgan fingerprint density at radius 1 is 1.06 bits per heavy atom. The Bertz CT molecular complexity index is 520. The van der Waals surface area contributed by atoms with Gasteiger partial charge in [0, 0.05) is 9.50 Å². The molecular formula is C14H11BrCl2. The summed E-state index contributed by atoms with van der Waals surface area (Å²) < 4.78 is 1.04.